The van der Waals surface area contributed by atoms with Crippen LogP contribution in [0.3, 0.4) is 0 Å². The zero-order valence-electron chi connectivity index (χ0n) is 7.22. The van der Waals surface area contributed by atoms with Crippen LogP contribution in [0.2, 0.25) is 0 Å². The van der Waals surface area contributed by atoms with E-state index in [1.54, 1.807) is 0 Å². The molecule has 0 atom stereocenters. The van der Waals surface area contributed by atoms with Crippen LogP contribution in [0.1, 0.15) is 20.8 Å². The fraction of sp³-hybridized carbons (Fsp3) is 0.778. The topological polar surface area (TPSA) is 3.24 Å². The molecule has 1 heteroatoms. The van der Waals surface area contributed by atoms with E-state index in [0.29, 0.717) is 0 Å². The molecule has 0 bridgehead atoms. The second kappa shape index (κ2) is 3.20. The van der Waals surface area contributed by atoms with Gasteiger partial charge in [0.1, 0.15) is 0 Å². The molecule has 0 N–H and O–H groups in total. The number of hydrogen-bond donors (Lipinski definition) is 0. The lowest BCUT2D eigenvalue weighted by Gasteiger charge is -2.36. The highest BCUT2D eigenvalue weighted by Crippen LogP contribution is 2.13. The molecule has 1 aliphatic heterocycles. The number of nitrogens with zero attached hydrogens (tertiary/aromatic N) is 1. The maximum Gasteiger partial charge on any atom is 0.0165 e. The molecule has 0 spiro atoms. The molecule has 10 heavy (non-hydrogen) atoms. The van der Waals surface area contributed by atoms with Crippen LogP contribution in [0.15, 0.2) is 11.6 Å². The van der Waals surface area contributed by atoms with Crippen LogP contribution in [0.25, 0.3) is 0 Å². The zero-order chi connectivity index (χ0) is 7.56. The van der Waals surface area contributed by atoms with Crippen LogP contribution in [0.5, 0.6) is 0 Å². The summed E-state index contributed by atoms with van der Waals surface area (Å²) >= 11 is 0. The van der Waals surface area contributed by atoms with E-state index in [1.165, 1.54) is 18.7 Å². The predicted molar refractivity (Wildman–Crippen MR) is 45.0 cm³/mol. The minimum atomic E-state index is 0.936. The van der Waals surface area contributed by atoms with Gasteiger partial charge in [0.05, 0.1) is 0 Å². The molecule has 1 fully saturated rings. The average Bonchev–Trinajstić information content (AvgIpc) is 1.77. The van der Waals surface area contributed by atoms with Crippen molar-refractivity contribution >= 4 is 0 Å². The van der Waals surface area contributed by atoms with E-state index in [-0.39, 0.29) is 0 Å². The summed E-state index contributed by atoms with van der Waals surface area (Å²) in [5.74, 6) is 0.936. The Bertz CT molecular complexity index is 128. The molecule has 58 valence electrons. The van der Waals surface area contributed by atoms with Gasteiger partial charge in [-0.25, -0.2) is 0 Å². The molecule has 1 nitrogen and oxygen atoms in total. The molecule has 0 aromatic heterocycles. The summed E-state index contributed by atoms with van der Waals surface area (Å²) in [6, 6.07) is 0. The van der Waals surface area contributed by atoms with Crippen molar-refractivity contribution in [1.29, 1.82) is 0 Å². The van der Waals surface area contributed by atoms with E-state index in [9.17, 15) is 0 Å². The third-order valence-electron chi connectivity index (χ3n) is 1.90. The fourth-order valence-electron chi connectivity index (χ4n) is 1.29. The van der Waals surface area contributed by atoms with Gasteiger partial charge in [-0.1, -0.05) is 18.6 Å². The molecule has 0 unspecified atom stereocenters. The highest BCUT2D eigenvalue weighted by atomic mass is 15.2. The smallest absolute Gasteiger partial charge is 0.0165 e. The molecule has 0 aromatic rings. The van der Waals surface area contributed by atoms with E-state index < -0.39 is 0 Å². The Balaban J connectivity index is 2.11. The monoisotopic (exact) mass is 139 g/mol. The van der Waals surface area contributed by atoms with Gasteiger partial charge in [0.25, 0.3) is 0 Å². The van der Waals surface area contributed by atoms with Gasteiger partial charge in [0.15, 0.2) is 0 Å². The first-order valence-electron chi connectivity index (χ1n) is 4.04. The van der Waals surface area contributed by atoms with Crippen LogP contribution in [0, 0.1) is 5.92 Å². The molecule has 1 heterocycles. The summed E-state index contributed by atoms with van der Waals surface area (Å²) in [4.78, 5) is 2.47. The van der Waals surface area contributed by atoms with Gasteiger partial charge in [-0.05, 0) is 19.8 Å². The Morgan fingerprint density at radius 1 is 1.50 bits per heavy atom. The van der Waals surface area contributed by atoms with Crippen molar-refractivity contribution in [2.75, 3.05) is 19.6 Å². The summed E-state index contributed by atoms with van der Waals surface area (Å²) in [6.07, 6.45) is 2.30. The second-order valence-corrected chi connectivity index (χ2v) is 3.61. The van der Waals surface area contributed by atoms with Crippen molar-refractivity contribution < 1.29 is 0 Å². The molecule has 0 aromatic carbocycles. The van der Waals surface area contributed by atoms with Crippen molar-refractivity contribution in [1.82, 2.24) is 4.90 Å². The second-order valence-electron chi connectivity index (χ2n) is 3.61. The first kappa shape index (κ1) is 7.80. The molecule has 1 aliphatic rings. The van der Waals surface area contributed by atoms with Gasteiger partial charge < -0.3 is 0 Å². The van der Waals surface area contributed by atoms with Crippen LogP contribution in [-0.2, 0) is 0 Å². The molecule has 0 aliphatic carbocycles. The van der Waals surface area contributed by atoms with Crippen LogP contribution in [0.4, 0.5) is 0 Å². The number of allylic oxidation sites excluding steroid dienone is 1. The van der Waals surface area contributed by atoms with Crippen molar-refractivity contribution in [3.63, 3.8) is 0 Å². The summed E-state index contributed by atoms with van der Waals surface area (Å²) < 4.78 is 0. The maximum atomic E-state index is 2.47. The van der Waals surface area contributed by atoms with Crippen molar-refractivity contribution in [2.24, 2.45) is 5.92 Å². The quantitative estimate of drug-likeness (QED) is 0.528. The third-order valence-corrected chi connectivity index (χ3v) is 1.90. The van der Waals surface area contributed by atoms with Gasteiger partial charge in [-0.2, -0.15) is 0 Å². The highest BCUT2D eigenvalue weighted by Gasteiger charge is 2.20. The minimum Gasteiger partial charge on any atom is -0.299 e. The number of rotatable bonds is 2. The van der Waals surface area contributed by atoms with Crippen LogP contribution < -0.4 is 0 Å². The normalized spacial score (nSPS) is 20.3. The molecule has 1 saturated heterocycles. The molecule has 0 radical (unpaired) electrons. The number of hydrogen-bond acceptors (Lipinski definition) is 1. The van der Waals surface area contributed by atoms with Crippen molar-refractivity contribution in [3.8, 4) is 0 Å². The van der Waals surface area contributed by atoms with E-state index >= 15 is 0 Å². The molecule has 0 amide bonds. The number of likely N-dealkylation sites (tertiary alicyclic amines) is 1. The van der Waals surface area contributed by atoms with Gasteiger partial charge in [-0.3, -0.25) is 4.90 Å². The van der Waals surface area contributed by atoms with E-state index in [0.717, 1.165) is 12.5 Å². The summed E-state index contributed by atoms with van der Waals surface area (Å²) in [5.41, 5.74) is 1.43. The average molecular weight is 139 g/mol. The lowest BCUT2D eigenvalue weighted by Crippen LogP contribution is -2.44. The largest absolute Gasteiger partial charge is 0.299 e. The molecular formula is C9H17N. The van der Waals surface area contributed by atoms with Gasteiger partial charge >= 0.3 is 0 Å². The summed E-state index contributed by atoms with van der Waals surface area (Å²) in [7, 11) is 0. The van der Waals surface area contributed by atoms with E-state index in [1.807, 2.05) is 0 Å². The first-order chi connectivity index (χ1) is 4.68. The Labute approximate surface area is 63.7 Å². The Morgan fingerprint density at radius 3 is 2.50 bits per heavy atom. The maximum absolute atomic E-state index is 2.47. The molecular weight excluding hydrogens is 122 g/mol. The summed E-state index contributed by atoms with van der Waals surface area (Å²) in [6.45, 7) is 10.4. The summed E-state index contributed by atoms with van der Waals surface area (Å²) in [5, 5.41) is 0. The van der Waals surface area contributed by atoms with Gasteiger partial charge in [0, 0.05) is 19.6 Å². The SMILES string of the molecule is CC(C)=CCN1CC(C)C1. The van der Waals surface area contributed by atoms with Crippen LogP contribution >= 0.6 is 0 Å². The van der Waals surface area contributed by atoms with Crippen molar-refractivity contribution in [3.05, 3.63) is 11.6 Å². The van der Waals surface area contributed by atoms with Gasteiger partial charge in [-0.15, -0.1) is 0 Å². The van der Waals surface area contributed by atoms with Gasteiger partial charge in [0.2, 0.25) is 0 Å². The predicted octanol–water partition coefficient (Wildman–Crippen LogP) is 1.90. The zero-order valence-corrected chi connectivity index (χ0v) is 7.22. The van der Waals surface area contributed by atoms with E-state index in [4.69, 9.17) is 0 Å². The standard InChI is InChI=1S/C9H17N/c1-8(2)4-5-10-6-9(3)7-10/h4,9H,5-7H2,1-3H3. The van der Waals surface area contributed by atoms with Crippen LogP contribution in [-0.4, -0.2) is 24.5 Å². The first-order valence-corrected chi connectivity index (χ1v) is 4.04. The Hall–Kier alpha value is -0.300. The van der Waals surface area contributed by atoms with Crippen molar-refractivity contribution in [2.45, 2.75) is 20.8 Å². The highest BCUT2D eigenvalue weighted by molar-refractivity contribution is 4.96. The minimum absolute atomic E-state index is 0.936. The lowest BCUT2D eigenvalue weighted by molar-refractivity contribution is 0.129. The molecule has 0 saturated carbocycles. The Kier molecular flexibility index (Phi) is 2.50. The van der Waals surface area contributed by atoms with E-state index in [2.05, 4.69) is 31.7 Å². The lowest BCUT2D eigenvalue weighted by atomic mass is 10.0. The third kappa shape index (κ3) is 2.14. The Morgan fingerprint density at radius 2 is 2.10 bits per heavy atom. The fourth-order valence-corrected chi connectivity index (χ4v) is 1.29. The molecule has 1 rings (SSSR count).